The molecule has 0 radical (unpaired) electrons. The first-order valence-corrected chi connectivity index (χ1v) is 9.95. The number of anilines is 2. The lowest BCUT2D eigenvalue weighted by Gasteiger charge is -2.41. The van der Waals surface area contributed by atoms with Gasteiger partial charge in [-0.15, -0.1) is 0 Å². The summed E-state index contributed by atoms with van der Waals surface area (Å²) in [6.07, 6.45) is 3.84. The summed E-state index contributed by atoms with van der Waals surface area (Å²) in [6, 6.07) is 10.8. The molecule has 1 fully saturated rings. The minimum atomic E-state index is -0.244. The molecule has 0 spiro atoms. The van der Waals surface area contributed by atoms with Gasteiger partial charge in [-0.1, -0.05) is 29.8 Å². The zero-order chi connectivity index (χ0) is 21.1. The maximum Gasteiger partial charge on any atom is 0.284 e. The molecule has 11 nitrogen and oxygen atoms in total. The Labute approximate surface area is 192 Å². The largest absolute Gasteiger partial charge is 0.368 e. The number of nitrogens with two attached hydrogens (primary N) is 1. The van der Waals surface area contributed by atoms with Crippen LogP contribution in [-0.2, 0) is 0 Å². The van der Waals surface area contributed by atoms with Crippen molar-refractivity contribution in [2.75, 3.05) is 17.2 Å². The molecule has 1 aromatic carbocycles. The Morgan fingerprint density at radius 1 is 1.12 bits per heavy atom. The maximum absolute atomic E-state index is 13.5. The number of hydrogen-bond acceptors (Lipinski definition) is 8. The third kappa shape index (κ3) is 2.91. The molecule has 32 heavy (non-hydrogen) atoms. The van der Waals surface area contributed by atoms with Crippen molar-refractivity contribution < 1.29 is 0 Å². The van der Waals surface area contributed by atoms with Crippen molar-refractivity contribution in [2.24, 2.45) is 0 Å². The standard InChI is InChI=1S/C19H15ClN10O.H2S/c20-12-6-9-28-14(12)16(31)29(11-4-2-1-3-5-11)15(26-28)13-7-8-27(13)19-25-17(21)24-18-22-10-23-30(18)19;/h1-6,9-10,13H,7-8H2,(H2,21,22,23,24);1H2/t13-;/m0./s1. The highest BCUT2D eigenvalue weighted by Gasteiger charge is 2.37. The van der Waals surface area contributed by atoms with Crippen LogP contribution in [0, 0.1) is 0 Å². The molecule has 0 aliphatic carbocycles. The first-order chi connectivity index (χ1) is 15.1. The summed E-state index contributed by atoms with van der Waals surface area (Å²) in [5.74, 6) is 1.51. The highest BCUT2D eigenvalue weighted by molar-refractivity contribution is 7.59. The van der Waals surface area contributed by atoms with Crippen LogP contribution >= 0.6 is 25.1 Å². The van der Waals surface area contributed by atoms with E-state index in [1.807, 2.05) is 35.2 Å². The Morgan fingerprint density at radius 2 is 1.94 bits per heavy atom. The number of nitrogens with zero attached hydrogens (tertiary/aromatic N) is 9. The van der Waals surface area contributed by atoms with Gasteiger partial charge in [0.05, 0.1) is 16.8 Å². The van der Waals surface area contributed by atoms with Gasteiger partial charge >= 0.3 is 0 Å². The van der Waals surface area contributed by atoms with Crippen LogP contribution in [0.1, 0.15) is 18.3 Å². The van der Waals surface area contributed by atoms with Crippen LogP contribution in [0.4, 0.5) is 11.9 Å². The van der Waals surface area contributed by atoms with Gasteiger partial charge in [-0.3, -0.25) is 9.36 Å². The number of benzene rings is 1. The number of fused-ring (bicyclic) bond motifs is 2. The lowest BCUT2D eigenvalue weighted by Crippen LogP contribution is -2.46. The normalized spacial score (nSPS) is 15.7. The van der Waals surface area contributed by atoms with E-state index in [0.717, 1.165) is 6.42 Å². The van der Waals surface area contributed by atoms with Gasteiger partial charge in [0.15, 0.2) is 5.82 Å². The van der Waals surface area contributed by atoms with Gasteiger partial charge < -0.3 is 10.6 Å². The van der Waals surface area contributed by atoms with Crippen LogP contribution < -0.4 is 16.2 Å². The van der Waals surface area contributed by atoms with E-state index in [1.54, 1.807) is 16.8 Å². The average molecular weight is 469 g/mol. The first-order valence-electron chi connectivity index (χ1n) is 9.57. The summed E-state index contributed by atoms with van der Waals surface area (Å²) in [7, 11) is 0. The predicted molar refractivity (Wildman–Crippen MR) is 124 cm³/mol. The van der Waals surface area contributed by atoms with Crippen LogP contribution in [0.2, 0.25) is 5.02 Å². The Balaban J connectivity index is 0.00000216. The molecule has 0 unspecified atom stereocenters. The number of aromatic nitrogens is 8. The molecule has 13 heteroatoms. The van der Waals surface area contributed by atoms with Gasteiger partial charge in [-0.2, -0.15) is 43.2 Å². The van der Waals surface area contributed by atoms with Crippen LogP contribution in [-0.4, -0.2) is 45.3 Å². The average Bonchev–Trinajstić information content (AvgIpc) is 3.35. The molecule has 0 saturated carbocycles. The highest BCUT2D eigenvalue weighted by Crippen LogP contribution is 2.36. The fourth-order valence-corrected chi connectivity index (χ4v) is 4.12. The second-order valence-electron chi connectivity index (χ2n) is 7.14. The van der Waals surface area contributed by atoms with Crippen molar-refractivity contribution in [2.45, 2.75) is 12.5 Å². The molecular weight excluding hydrogens is 452 g/mol. The van der Waals surface area contributed by atoms with Crippen LogP contribution in [0.25, 0.3) is 17.0 Å². The van der Waals surface area contributed by atoms with E-state index in [-0.39, 0.29) is 31.0 Å². The van der Waals surface area contributed by atoms with Gasteiger partial charge in [0.2, 0.25) is 11.9 Å². The molecule has 1 aliphatic rings. The minimum Gasteiger partial charge on any atom is -0.368 e. The molecule has 162 valence electrons. The number of halogens is 1. The van der Waals surface area contributed by atoms with Crippen molar-refractivity contribution in [3.05, 3.63) is 70.1 Å². The van der Waals surface area contributed by atoms with Crippen molar-refractivity contribution >= 4 is 48.3 Å². The van der Waals surface area contributed by atoms with Crippen molar-refractivity contribution in [3.8, 4) is 5.69 Å². The summed E-state index contributed by atoms with van der Waals surface area (Å²) in [5, 5.41) is 9.32. The fraction of sp³-hybridized carbons (Fsp3) is 0.158. The van der Waals surface area contributed by atoms with Crippen molar-refractivity contribution in [1.82, 2.24) is 38.7 Å². The van der Waals surface area contributed by atoms with Crippen molar-refractivity contribution in [1.29, 1.82) is 0 Å². The van der Waals surface area contributed by atoms with Crippen LogP contribution in [0.3, 0.4) is 0 Å². The molecule has 6 rings (SSSR count). The van der Waals surface area contributed by atoms with Gasteiger partial charge in [0.1, 0.15) is 11.8 Å². The number of nitrogen functional groups attached to an aromatic ring is 1. The summed E-state index contributed by atoms with van der Waals surface area (Å²) >= 11 is 6.28. The highest BCUT2D eigenvalue weighted by atomic mass is 35.5. The van der Waals surface area contributed by atoms with Crippen LogP contribution in [0.15, 0.2) is 53.7 Å². The topological polar surface area (TPSA) is 125 Å². The summed E-state index contributed by atoms with van der Waals surface area (Å²) in [5.41, 5.74) is 6.67. The monoisotopic (exact) mass is 468 g/mol. The molecule has 0 amide bonds. The molecular formula is C19H17ClN10OS. The van der Waals surface area contributed by atoms with Gasteiger partial charge in [0, 0.05) is 12.7 Å². The van der Waals surface area contributed by atoms with Gasteiger partial charge in [-0.05, 0) is 24.6 Å². The predicted octanol–water partition coefficient (Wildman–Crippen LogP) is 1.62. The molecule has 5 aromatic rings. The molecule has 5 heterocycles. The first kappa shape index (κ1) is 20.3. The summed E-state index contributed by atoms with van der Waals surface area (Å²) in [6.45, 7) is 0.686. The molecule has 0 bridgehead atoms. The number of hydrogen-bond donors (Lipinski definition) is 1. The Hall–Kier alpha value is -3.64. The van der Waals surface area contributed by atoms with Crippen LogP contribution in [0.5, 0.6) is 0 Å². The second-order valence-corrected chi connectivity index (χ2v) is 7.55. The summed E-state index contributed by atoms with van der Waals surface area (Å²) in [4.78, 5) is 28.0. The SMILES string of the molecule is Nc1nc(N2CC[C@H]2c2nn3ccc(Cl)c3c(=O)n2-c2ccccc2)n2ncnc2n1.S. The van der Waals surface area contributed by atoms with E-state index < -0.39 is 0 Å². The van der Waals surface area contributed by atoms with E-state index in [0.29, 0.717) is 40.3 Å². The smallest absolute Gasteiger partial charge is 0.284 e. The number of para-hydroxylation sites is 1. The lowest BCUT2D eigenvalue weighted by atomic mass is 10.0. The van der Waals surface area contributed by atoms with Crippen molar-refractivity contribution in [3.63, 3.8) is 0 Å². The zero-order valence-corrected chi connectivity index (χ0v) is 18.3. The van der Waals surface area contributed by atoms with Gasteiger partial charge in [0.25, 0.3) is 11.3 Å². The Morgan fingerprint density at radius 3 is 2.69 bits per heavy atom. The third-order valence-electron chi connectivity index (χ3n) is 5.40. The zero-order valence-electron chi connectivity index (χ0n) is 16.5. The second kappa shape index (κ2) is 7.50. The minimum absolute atomic E-state index is 0. The number of rotatable bonds is 3. The lowest BCUT2D eigenvalue weighted by molar-refractivity contribution is 0.415. The summed E-state index contributed by atoms with van der Waals surface area (Å²) < 4.78 is 4.65. The third-order valence-corrected chi connectivity index (χ3v) is 5.70. The quantitative estimate of drug-likeness (QED) is 0.423. The van der Waals surface area contributed by atoms with E-state index in [4.69, 9.17) is 22.4 Å². The molecule has 2 N–H and O–H groups in total. The van der Waals surface area contributed by atoms with E-state index >= 15 is 0 Å². The molecule has 4 aromatic heterocycles. The Kier molecular flexibility index (Phi) is 4.75. The Bertz CT molecular complexity index is 1510. The maximum atomic E-state index is 13.5. The molecule has 1 atom stereocenters. The molecule has 1 aliphatic heterocycles. The fourth-order valence-electron chi connectivity index (χ4n) is 3.90. The van der Waals surface area contributed by atoms with Gasteiger partial charge in [-0.25, -0.2) is 4.52 Å². The van der Waals surface area contributed by atoms with E-state index in [1.165, 1.54) is 15.4 Å². The van der Waals surface area contributed by atoms with E-state index in [9.17, 15) is 4.79 Å². The van der Waals surface area contributed by atoms with E-state index in [2.05, 4.69) is 20.1 Å². The molecule has 1 saturated heterocycles.